The smallest absolute Gasteiger partial charge is 0.222 e. The molecule has 0 aliphatic heterocycles. The lowest BCUT2D eigenvalue weighted by molar-refractivity contribution is -0.121. The van der Waals surface area contributed by atoms with Crippen molar-refractivity contribution in [3.05, 3.63) is 23.5 Å². The normalized spacial score (nSPS) is 14.9. The largest absolute Gasteiger partial charge is 0.353 e. The van der Waals surface area contributed by atoms with E-state index in [1.54, 1.807) is 0 Å². The first kappa shape index (κ1) is 11.0. The van der Waals surface area contributed by atoms with Crippen LogP contribution < -0.4 is 10.7 Å². The highest BCUT2D eigenvalue weighted by Crippen LogP contribution is 2.18. The van der Waals surface area contributed by atoms with Gasteiger partial charge in [0.15, 0.2) is 0 Å². The van der Waals surface area contributed by atoms with Gasteiger partial charge in [0.1, 0.15) is 0 Å². The van der Waals surface area contributed by atoms with Crippen LogP contribution in [0.5, 0.6) is 0 Å². The zero-order chi connectivity index (χ0) is 11.5. The standard InChI is InChI=1S/C12H19N3O/c1-9-3-4-10(2)15(9)13-8-7-12(16)14-11-5-6-11/h3-4,11,13H,5-8H2,1-2H3,(H,14,16). The second-order valence-corrected chi connectivity index (χ2v) is 4.45. The van der Waals surface area contributed by atoms with E-state index in [1.165, 1.54) is 11.4 Å². The van der Waals surface area contributed by atoms with Crippen LogP contribution in [0.15, 0.2) is 12.1 Å². The van der Waals surface area contributed by atoms with Gasteiger partial charge in [0.2, 0.25) is 5.91 Å². The van der Waals surface area contributed by atoms with Crippen molar-refractivity contribution in [2.24, 2.45) is 0 Å². The van der Waals surface area contributed by atoms with Crippen molar-refractivity contribution in [1.29, 1.82) is 0 Å². The molecule has 1 aromatic rings. The number of carbonyl (C=O) groups excluding carboxylic acids is 1. The van der Waals surface area contributed by atoms with Gasteiger partial charge in [-0.2, -0.15) is 0 Å². The van der Waals surface area contributed by atoms with Crippen molar-refractivity contribution in [3.8, 4) is 0 Å². The first-order valence-corrected chi connectivity index (χ1v) is 5.85. The van der Waals surface area contributed by atoms with Crippen LogP contribution >= 0.6 is 0 Å². The first-order chi connectivity index (χ1) is 7.66. The van der Waals surface area contributed by atoms with Crippen LogP contribution in [0.25, 0.3) is 0 Å². The Morgan fingerprint density at radius 2 is 2.00 bits per heavy atom. The van der Waals surface area contributed by atoms with Gasteiger partial charge in [0.05, 0.1) is 0 Å². The van der Waals surface area contributed by atoms with Crippen LogP contribution in [0.3, 0.4) is 0 Å². The van der Waals surface area contributed by atoms with Crippen molar-refractivity contribution in [2.75, 3.05) is 12.0 Å². The van der Waals surface area contributed by atoms with E-state index in [4.69, 9.17) is 0 Å². The summed E-state index contributed by atoms with van der Waals surface area (Å²) in [6, 6.07) is 4.58. The van der Waals surface area contributed by atoms with Gasteiger partial charge in [-0.3, -0.25) is 9.47 Å². The van der Waals surface area contributed by atoms with Gasteiger partial charge in [0, 0.05) is 30.4 Å². The third kappa shape index (κ3) is 2.78. The molecule has 1 heterocycles. The summed E-state index contributed by atoms with van der Waals surface area (Å²) in [6.45, 7) is 4.77. The molecular weight excluding hydrogens is 202 g/mol. The van der Waals surface area contributed by atoms with Crippen molar-refractivity contribution in [1.82, 2.24) is 9.99 Å². The van der Waals surface area contributed by atoms with E-state index in [0.29, 0.717) is 19.0 Å². The molecule has 1 saturated carbocycles. The molecule has 16 heavy (non-hydrogen) atoms. The van der Waals surface area contributed by atoms with E-state index >= 15 is 0 Å². The van der Waals surface area contributed by atoms with E-state index in [1.807, 2.05) is 18.5 Å². The SMILES string of the molecule is Cc1ccc(C)n1NCCC(=O)NC1CC1. The fourth-order valence-corrected chi connectivity index (χ4v) is 1.73. The van der Waals surface area contributed by atoms with E-state index < -0.39 is 0 Å². The van der Waals surface area contributed by atoms with E-state index in [-0.39, 0.29) is 5.91 Å². The minimum absolute atomic E-state index is 0.150. The zero-order valence-electron chi connectivity index (χ0n) is 9.92. The van der Waals surface area contributed by atoms with Crippen molar-refractivity contribution in [2.45, 2.75) is 39.2 Å². The highest BCUT2D eigenvalue weighted by atomic mass is 16.1. The average Bonchev–Trinajstić information content (AvgIpc) is 2.99. The van der Waals surface area contributed by atoms with Gasteiger partial charge in [-0.25, -0.2) is 0 Å². The molecule has 1 aliphatic rings. The summed E-state index contributed by atoms with van der Waals surface area (Å²) in [7, 11) is 0. The highest BCUT2D eigenvalue weighted by molar-refractivity contribution is 5.76. The van der Waals surface area contributed by atoms with Gasteiger partial charge in [-0.05, 0) is 38.8 Å². The molecule has 1 aromatic heterocycles. The van der Waals surface area contributed by atoms with Crippen LogP contribution in [-0.4, -0.2) is 23.2 Å². The predicted octanol–water partition coefficient (Wildman–Crippen LogP) is 1.32. The monoisotopic (exact) mass is 221 g/mol. The Labute approximate surface area is 96.0 Å². The lowest BCUT2D eigenvalue weighted by atomic mass is 10.4. The van der Waals surface area contributed by atoms with Gasteiger partial charge in [-0.1, -0.05) is 0 Å². The Morgan fingerprint density at radius 3 is 2.56 bits per heavy atom. The average molecular weight is 221 g/mol. The summed E-state index contributed by atoms with van der Waals surface area (Å²) >= 11 is 0. The number of aromatic nitrogens is 1. The Hall–Kier alpha value is -1.45. The number of hydrogen-bond donors (Lipinski definition) is 2. The number of rotatable bonds is 5. The molecule has 0 radical (unpaired) electrons. The minimum atomic E-state index is 0.150. The van der Waals surface area contributed by atoms with Crippen LogP contribution in [0.2, 0.25) is 0 Å². The quantitative estimate of drug-likeness (QED) is 0.787. The minimum Gasteiger partial charge on any atom is -0.353 e. The number of nitrogens with zero attached hydrogens (tertiary/aromatic N) is 1. The van der Waals surface area contributed by atoms with Crippen LogP contribution in [0.4, 0.5) is 0 Å². The molecule has 1 fully saturated rings. The molecule has 4 heteroatoms. The molecule has 4 nitrogen and oxygen atoms in total. The molecule has 0 spiro atoms. The molecule has 0 aromatic carbocycles. The molecule has 88 valence electrons. The topological polar surface area (TPSA) is 46.1 Å². The van der Waals surface area contributed by atoms with Crippen molar-refractivity contribution < 1.29 is 4.79 Å². The van der Waals surface area contributed by atoms with E-state index in [0.717, 1.165) is 12.8 Å². The molecule has 0 atom stereocenters. The molecule has 1 aliphatic carbocycles. The summed E-state index contributed by atoms with van der Waals surface area (Å²) in [6.07, 6.45) is 2.83. The van der Waals surface area contributed by atoms with E-state index in [9.17, 15) is 4.79 Å². The maximum absolute atomic E-state index is 11.4. The van der Waals surface area contributed by atoms with Crippen LogP contribution in [-0.2, 0) is 4.79 Å². The second-order valence-electron chi connectivity index (χ2n) is 4.45. The van der Waals surface area contributed by atoms with Gasteiger partial charge >= 0.3 is 0 Å². The number of amides is 1. The molecule has 0 bridgehead atoms. The van der Waals surface area contributed by atoms with Gasteiger partial charge < -0.3 is 10.7 Å². The molecule has 2 rings (SSSR count). The first-order valence-electron chi connectivity index (χ1n) is 5.85. The second kappa shape index (κ2) is 4.60. The van der Waals surface area contributed by atoms with Gasteiger partial charge in [0.25, 0.3) is 0 Å². The number of nitrogens with one attached hydrogen (secondary N) is 2. The Morgan fingerprint density at radius 1 is 1.38 bits per heavy atom. The third-order valence-electron chi connectivity index (χ3n) is 2.84. The lowest BCUT2D eigenvalue weighted by Gasteiger charge is -2.12. The fourth-order valence-electron chi connectivity index (χ4n) is 1.73. The summed E-state index contributed by atoms with van der Waals surface area (Å²) in [5.74, 6) is 0.150. The Bertz CT molecular complexity index is 360. The van der Waals surface area contributed by atoms with Crippen LogP contribution in [0, 0.1) is 13.8 Å². The number of aryl methyl sites for hydroxylation is 2. The van der Waals surface area contributed by atoms with Crippen molar-refractivity contribution >= 4 is 5.91 Å². The predicted molar refractivity (Wildman–Crippen MR) is 63.9 cm³/mol. The van der Waals surface area contributed by atoms with Crippen molar-refractivity contribution in [3.63, 3.8) is 0 Å². The van der Waals surface area contributed by atoms with E-state index in [2.05, 4.69) is 22.9 Å². The van der Waals surface area contributed by atoms with Gasteiger partial charge in [-0.15, -0.1) is 0 Å². The molecular formula is C12H19N3O. The maximum Gasteiger partial charge on any atom is 0.222 e. The Balaban J connectivity index is 1.72. The zero-order valence-corrected chi connectivity index (χ0v) is 9.92. The maximum atomic E-state index is 11.4. The Kier molecular flexibility index (Phi) is 3.17. The highest BCUT2D eigenvalue weighted by Gasteiger charge is 2.22. The fraction of sp³-hybridized carbons (Fsp3) is 0.583. The molecule has 0 saturated heterocycles. The third-order valence-corrected chi connectivity index (χ3v) is 2.84. The molecule has 1 amide bonds. The molecule has 0 unspecified atom stereocenters. The summed E-state index contributed by atoms with van der Waals surface area (Å²) in [5, 5.41) is 2.97. The summed E-state index contributed by atoms with van der Waals surface area (Å²) in [4.78, 5) is 11.4. The summed E-state index contributed by atoms with van der Waals surface area (Å²) < 4.78 is 2.02. The molecule has 2 N–H and O–H groups in total. The number of hydrogen-bond acceptors (Lipinski definition) is 2. The number of carbonyl (C=O) groups is 1. The lowest BCUT2D eigenvalue weighted by Crippen LogP contribution is -2.29. The van der Waals surface area contributed by atoms with Crippen LogP contribution in [0.1, 0.15) is 30.7 Å². The summed E-state index contributed by atoms with van der Waals surface area (Å²) in [5.41, 5.74) is 5.58.